The number of benzene rings is 3. The van der Waals surface area contributed by atoms with Gasteiger partial charge in [-0.3, -0.25) is 4.98 Å². The van der Waals surface area contributed by atoms with Gasteiger partial charge in [0.15, 0.2) is 0 Å². The van der Waals surface area contributed by atoms with E-state index in [1.165, 1.54) is 4.31 Å². The minimum Gasteiger partial charge on any atom is -0.468 e. The first-order chi connectivity index (χ1) is 18.1. The molecule has 1 aliphatic heterocycles. The second-order valence-electron chi connectivity index (χ2n) is 8.87. The second kappa shape index (κ2) is 9.69. The topological polar surface area (TPSA) is 72.6 Å². The van der Waals surface area contributed by atoms with E-state index in [-0.39, 0.29) is 11.4 Å². The molecule has 6 nitrogen and oxygen atoms in total. The van der Waals surface area contributed by atoms with Gasteiger partial charge in [-0.05, 0) is 88.8 Å². The first-order valence-corrected chi connectivity index (χ1v) is 13.4. The van der Waals surface area contributed by atoms with Crippen molar-refractivity contribution in [3.05, 3.63) is 121 Å². The third-order valence-corrected chi connectivity index (χ3v) is 8.43. The van der Waals surface area contributed by atoms with Gasteiger partial charge in [-0.1, -0.05) is 36.4 Å². The molecule has 37 heavy (non-hydrogen) atoms. The van der Waals surface area contributed by atoms with E-state index < -0.39 is 10.0 Å². The van der Waals surface area contributed by atoms with Crippen molar-refractivity contribution < 1.29 is 17.6 Å². The minimum atomic E-state index is -3.59. The first kappa shape index (κ1) is 23.2. The number of nitrogens with zero attached hydrogens (tertiary/aromatic N) is 2. The van der Waals surface area contributed by atoms with Crippen LogP contribution in [0.25, 0.3) is 22.3 Å². The lowest BCUT2D eigenvalue weighted by Gasteiger charge is -2.25. The number of ether oxygens (including phenoxy) is 1. The molecule has 0 saturated carbocycles. The Morgan fingerprint density at radius 1 is 0.703 bits per heavy atom. The van der Waals surface area contributed by atoms with Crippen LogP contribution < -0.4 is 4.74 Å². The summed E-state index contributed by atoms with van der Waals surface area (Å²) in [5.41, 5.74) is 5.19. The standard InChI is InChI=1S/C30H24N2O4S/c33-37(34,32-19-15-26-16-20-35-30(26)21-32)29-11-5-24(6-12-29)22-1-7-27(8-2-22)36-28-9-3-23(4-10-28)25-13-17-31-18-14-25/h1-14,16-18,20H,15,19,21H2. The zero-order chi connectivity index (χ0) is 25.2. The Morgan fingerprint density at radius 3 is 1.84 bits per heavy atom. The maximum absolute atomic E-state index is 13.2. The average molecular weight is 509 g/mol. The van der Waals surface area contributed by atoms with Crippen molar-refractivity contribution in [2.45, 2.75) is 17.9 Å². The highest BCUT2D eigenvalue weighted by atomic mass is 32.2. The summed E-state index contributed by atoms with van der Waals surface area (Å²) in [6.45, 7) is 0.713. The van der Waals surface area contributed by atoms with Crippen LogP contribution in [0.4, 0.5) is 0 Å². The van der Waals surface area contributed by atoms with Crippen LogP contribution in [-0.4, -0.2) is 24.3 Å². The summed E-state index contributed by atoms with van der Waals surface area (Å²) in [5, 5.41) is 0. The summed E-state index contributed by atoms with van der Waals surface area (Å²) in [6, 6.07) is 28.5. The van der Waals surface area contributed by atoms with E-state index in [1.807, 2.05) is 78.9 Å². The van der Waals surface area contributed by atoms with Crippen molar-refractivity contribution in [2.75, 3.05) is 6.54 Å². The fourth-order valence-corrected chi connectivity index (χ4v) is 5.89. The molecule has 0 saturated heterocycles. The fraction of sp³-hybridized carbons (Fsp3) is 0.100. The van der Waals surface area contributed by atoms with E-state index in [9.17, 15) is 8.42 Å². The normalized spacial score (nSPS) is 13.7. The molecular weight excluding hydrogens is 484 g/mol. The molecule has 0 spiro atoms. The van der Waals surface area contributed by atoms with Crippen molar-refractivity contribution in [3.63, 3.8) is 0 Å². The summed E-state index contributed by atoms with van der Waals surface area (Å²) in [4.78, 5) is 4.34. The Hall–Kier alpha value is -4.20. The van der Waals surface area contributed by atoms with Gasteiger partial charge in [-0.2, -0.15) is 4.31 Å². The molecule has 5 aromatic rings. The number of rotatable bonds is 6. The SMILES string of the molecule is O=S(=O)(c1ccc(-c2ccc(Oc3ccc(-c4ccncc4)cc3)cc2)cc1)N1CCc2ccoc2C1. The van der Waals surface area contributed by atoms with Crippen LogP contribution in [0.1, 0.15) is 11.3 Å². The Morgan fingerprint density at radius 2 is 1.24 bits per heavy atom. The van der Waals surface area contributed by atoms with Gasteiger partial charge in [0.05, 0.1) is 17.7 Å². The largest absolute Gasteiger partial charge is 0.468 e. The van der Waals surface area contributed by atoms with E-state index in [4.69, 9.17) is 9.15 Å². The molecule has 0 bridgehead atoms. The highest BCUT2D eigenvalue weighted by Gasteiger charge is 2.29. The highest BCUT2D eigenvalue weighted by Crippen LogP contribution is 2.30. The Balaban J connectivity index is 1.13. The van der Waals surface area contributed by atoms with Gasteiger partial charge in [0.25, 0.3) is 0 Å². The Kier molecular flexibility index (Phi) is 6.08. The van der Waals surface area contributed by atoms with Crippen LogP contribution in [0.5, 0.6) is 11.5 Å². The smallest absolute Gasteiger partial charge is 0.243 e. The predicted molar refractivity (Wildman–Crippen MR) is 142 cm³/mol. The first-order valence-electron chi connectivity index (χ1n) is 12.0. The Bertz CT molecular complexity index is 1610. The molecule has 7 heteroatoms. The van der Waals surface area contributed by atoms with Gasteiger partial charge in [0.1, 0.15) is 17.3 Å². The van der Waals surface area contributed by atoms with Crippen LogP contribution in [0.15, 0.2) is 119 Å². The Labute approximate surface area is 215 Å². The summed E-state index contributed by atoms with van der Waals surface area (Å²) in [7, 11) is -3.59. The summed E-state index contributed by atoms with van der Waals surface area (Å²) < 4.78 is 39.2. The van der Waals surface area contributed by atoms with E-state index in [0.29, 0.717) is 13.0 Å². The lowest BCUT2D eigenvalue weighted by atomic mass is 10.1. The molecule has 0 aliphatic carbocycles. The van der Waals surface area contributed by atoms with Gasteiger partial charge in [0, 0.05) is 18.9 Å². The van der Waals surface area contributed by atoms with Gasteiger partial charge in [-0.25, -0.2) is 8.42 Å². The van der Waals surface area contributed by atoms with Gasteiger partial charge >= 0.3 is 0 Å². The van der Waals surface area contributed by atoms with Crippen molar-refractivity contribution in [1.82, 2.24) is 9.29 Å². The molecule has 3 aromatic carbocycles. The number of aromatic nitrogens is 1. The van der Waals surface area contributed by atoms with E-state index in [1.54, 1.807) is 30.8 Å². The molecule has 184 valence electrons. The molecule has 2 aromatic heterocycles. The maximum atomic E-state index is 13.2. The third kappa shape index (κ3) is 4.79. The molecule has 0 unspecified atom stereocenters. The highest BCUT2D eigenvalue weighted by molar-refractivity contribution is 7.89. The van der Waals surface area contributed by atoms with Crippen LogP contribution >= 0.6 is 0 Å². The number of hydrogen-bond donors (Lipinski definition) is 0. The lowest BCUT2D eigenvalue weighted by Crippen LogP contribution is -2.35. The number of sulfonamides is 1. The molecule has 0 amide bonds. The van der Waals surface area contributed by atoms with Crippen molar-refractivity contribution in [3.8, 4) is 33.8 Å². The monoisotopic (exact) mass is 508 g/mol. The molecule has 0 radical (unpaired) electrons. The summed E-state index contributed by atoms with van der Waals surface area (Å²) >= 11 is 0. The van der Waals surface area contributed by atoms with Crippen LogP contribution in [0.2, 0.25) is 0 Å². The van der Waals surface area contributed by atoms with Crippen molar-refractivity contribution in [1.29, 1.82) is 0 Å². The molecule has 0 N–H and O–H groups in total. The summed E-state index contributed by atoms with van der Waals surface area (Å²) in [6.07, 6.45) is 5.83. The second-order valence-corrected chi connectivity index (χ2v) is 10.8. The van der Waals surface area contributed by atoms with Crippen molar-refractivity contribution >= 4 is 10.0 Å². The molecule has 0 fully saturated rings. The number of fused-ring (bicyclic) bond motifs is 1. The molecule has 0 atom stereocenters. The third-order valence-electron chi connectivity index (χ3n) is 6.57. The maximum Gasteiger partial charge on any atom is 0.243 e. The van der Waals surface area contributed by atoms with Crippen LogP contribution in [-0.2, 0) is 23.0 Å². The van der Waals surface area contributed by atoms with Gasteiger partial charge in [0.2, 0.25) is 10.0 Å². The zero-order valence-electron chi connectivity index (χ0n) is 19.9. The molecule has 3 heterocycles. The van der Waals surface area contributed by atoms with E-state index in [2.05, 4.69) is 4.98 Å². The van der Waals surface area contributed by atoms with E-state index >= 15 is 0 Å². The summed E-state index contributed by atoms with van der Waals surface area (Å²) in [5.74, 6) is 2.19. The van der Waals surface area contributed by atoms with Crippen LogP contribution in [0, 0.1) is 0 Å². The van der Waals surface area contributed by atoms with Gasteiger partial charge < -0.3 is 9.15 Å². The fourth-order valence-electron chi connectivity index (χ4n) is 4.50. The average Bonchev–Trinajstić information content (AvgIpc) is 3.43. The molecule has 6 rings (SSSR count). The zero-order valence-corrected chi connectivity index (χ0v) is 20.8. The number of pyridine rings is 1. The van der Waals surface area contributed by atoms with E-state index in [0.717, 1.165) is 45.1 Å². The lowest BCUT2D eigenvalue weighted by molar-refractivity contribution is 0.343. The number of hydrogen-bond acceptors (Lipinski definition) is 5. The van der Waals surface area contributed by atoms with Gasteiger partial charge in [-0.15, -0.1) is 0 Å². The quantitative estimate of drug-likeness (QED) is 0.260. The molecule has 1 aliphatic rings. The minimum absolute atomic E-state index is 0.264. The number of furan rings is 1. The van der Waals surface area contributed by atoms with Crippen molar-refractivity contribution in [2.24, 2.45) is 0 Å². The van der Waals surface area contributed by atoms with Crippen LogP contribution in [0.3, 0.4) is 0 Å². The predicted octanol–water partition coefficient (Wildman–Crippen LogP) is 6.55. The molecular formula is C30H24N2O4S.